The van der Waals surface area contributed by atoms with E-state index in [9.17, 15) is 23.6 Å². The SMILES string of the molecule is O=[N+]([O-])c1ccc(S(=O)(=O)NC[C@@H](O)C2CCCCC2)cc1. The molecule has 1 aliphatic carbocycles. The molecule has 0 radical (unpaired) electrons. The van der Waals surface area contributed by atoms with E-state index in [-0.39, 0.29) is 23.0 Å². The highest BCUT2D eigenvalue weighted by molar-refractivity contribution is 7.89. The molecule has 0 amide bonds. The fourth-order valence-electron chi connectivity index (χ4n) is 2.71. The maximum atomic E-state index is 12.1. The van der Waals surface area contributed by atoms with E-state index >= 15 is 0 Å². The molecule has 1 fully saturated rings. The maximum absolute atomic E-state index is 12.1. The van der Waals surface area contributed by atoms with Crippen LogP contribution in [0.2, 0.25) is 0 Å². The van der Waals surface area contributed by atoms with E-state index in [1.165, 1.54) is 12.1 Å². The van der Waals surface area contributed by atoms with Crippen LogP contribution >= 0.6 is 0 Å². The molecule has 0 saturated heterocycles. The quantitative estimate of drug-likeness (QED) is 0.611. The van der Waals surface area contributed by atoms with Crippen molar-refractivity contribution >= 4 is 15.7 Å². The number of aliphatic hydroxyl groups excluding tert-OH is 1. The van der Waals surface area contributed by atoms with Gasteiger partial charge >= 0.3 is 0 Å². The first-order valence-electron chi connectivity index (χ1n) is 7.32. The molecule has 8 heteroatoms. The summed E-state index contributed by atoms with van der Waals surface area (Å²) in [7, 11) is -3.77. The molecule has 1 atom stereocenters. The molecule has 0 aliphatic heterocycles. The van der Waals surface area contributed by atoms with Gasteiger partial charge in [0.2, 0.25) is 10.0 Å². The Balaban J connectivity index is 1.96. The molecule has 0 unspecified atom stereocenters. The number of nitrogens with one attached hydrogen (secondary N) is 1. The summed E-state index contributed by atoms with van der Waals surface area (Å²) in [6.07, 6.45) is 4.43. The van der Waals surface area contributed by atoms with E-state index < -0.39 is 21.1 Å². The molecule has 122 valence electrons. The van der Waals surface area contributed by atoms with Gasteiger partial charge in [-0.3, -0.25) is 10.1 Å². The fourth-order valence-corrected chi connectivity index (χ4v) is 3.76. The van der Waals surface area contributed by atoms with Crippen LogP contribution in [0.15, 0.2) is 29.2 Å². The second-order valence-electron chi connectivity index (χ2n) is 5.57. The van der Waals surface area contributed by atoms with Gasteiger partial charge in [0.05, 0.1) is 15.9 Å². The summed E-state index contributed by atoms with van der Waals surface area (Å²) in [6.45, 7) is -0.0377. The van der Waals surface area contributed by atoms with Crippen molar-refractivity contribution in [2.24, 2.45) is 5.92 Å². The topological polar surface area (TPSA) is 110 Å². The molecule has 2 rings (SSSR count). The van der Waals surface area contributed by atoms with Crippen LogP contribution < -0.4 is 4.72 Å². The summed E-state index contributed by atoms with van der Waals surface area (Å²) in [4.78, 5) is 9.93. The highest BCUT2D eigenvalue weighted by atomic mass is 32.2. The molecule has 1 saturated carbocycles. The lowest BCUT2D eigenvalue weighted by Gasteiger charge is -2.26. The van der Waals surface area contributed by atoms with Crippen molar-refractivity contribution in [2.75, 3.05) is 6.54 Å². The number of nitro groups is 1. The van der Waals surface area contributed by atoms with Crippen molar-refractivity contribution in [3.05, 3.63) is 34.4 Å². The first kappa shape index (κ1) is 16.9. The van der Waals surface area contributed by atoms with Gasteiger partial charge in [-0.15, -0.1) is 0 Å². The third-order valence-corrected chi connectivity index (χ3v) is 5.47. The minimum Gasteiger partial charge on any atom is -0.391 e. The number of aliphatic hydroxyl groups is 1. The summed E-state index contributed by atoms with van der Waals surface area (Å²) in [5.41, 5.74) is -0.166. The van der Waals surface area contributed by atoms with Crippen LogP contribution in [0, 0.1) is 16.0 Å². The van der Waals surface area contributed by atoms with Crippen LogP contribution in [0.3, 0.4) is 0 Å². The smallest absolute Gasteiger partial charge is 0.269 e. The molecule has 0 aromatic heterocycles. The zero-order valence-electron chi connectivity index (χ0n) is 12.1. The van der Waals surface area contributed by atoms with E-state index in [4.69, 9.17) is 0 Å². The van der Waals surface area contributed by atoms with Crippen LogP contribution in [-0.4, -0.2) is 31.1 Å². The second-order valence-corrected chi connectivity index (χ2v) is 7.34. The van der Waals surface area contributed by atoms with Crippen LogP contribution in [0.25, 0.3) is 0 Å². The van der Waals surface area contributed by atoms with E-state index in [0.717, 1.165) is 44.2 Å². The molecule has 1 aromatic rings. The van der Waals surface area contributed by atoms with E-state index in [0.29, 0.717) is 0 Å². The number of benzene rings is 1. The average Bonchev–Trinajstić information content (AvgIpc) is 2.53. The Labute approximate surface area is 129 Å². The highest BCUT2D eigenvalue weighted by Crippen LogP contribution is 2.26. The molecule has 1 aliphatic rings. The third kappa shape index (κ3) is 4.25. The number of non-ortho nitro benzene ring substituents is 1. The van der Waals surface area contributed by atoms with Gasteiger partial charge in [-0.25, -0.2) is 13.1 Å². The number of nitro benzene ring substituents is 1. The summed E-state index contributed by atoms with van der Waals surface area (Å²) < 4.78 is 26.6. The van der Waals surface area contributed by atoms with Crippen molar-refractivity contribution in [3.8, 4) is 0 Å². The molecular weight excluding hydrogens is 308 g/mol. The number of hydrogen-bond acceptors (Lipinski definition) is 5. The van der Waals surface area contributed by atoms with Crippen molar-refractivity contribution in [2.45, 2.75) is 43.1 Å². The average molecular weight is 328 g/mol. The van der Waals surface area contributed by atoms with Crippen molar-refractivity contribution in [1.29, 1.82) is 0 Å². The van der Waals surface area contributed by atoms with Gasteiger partial charge in [-0.1, -0.05) is 19.3 Å². The van der Waals surface area contributed by atoms with Crippen molar-refractivity contribution in [1.82, 2.24) is 4.72 Å². The van der Waals surface area contributed by atoms with Crippen LogP contribution in [0.4, 0.5) is 5.69 Å². The molecule has 7 nitrogen and oxygen atoms in total. The summed E-state index contributed by atoms with van der Waals surface area (Å²) in [6, 6.07) is 4.67. The molecule has 2 N–H and O–H groups in total. The summed E-state index contributed by atoms with van der Waals surface area (Å²) in [5, 5.41) is 20.6. The Morgan fingerprint density at radius 1 is 1.23 bits per heavy atom. The van der Waals surface area contributed by atoms with Crippen molar-refractivity contribution in [3.63, 3.8) is 0 Å². The van der Waals surface area contributed by atoms with E-state index in [1.54, 1.807) is 0 Å². The zero-order chi connectivity index (χ0) is 16.2. The molecule has 1 aromatic carbocycles. The standard InChI is InChI=1S/C14H20N2O5S/c17-14(11-4-2-1-3-5-11)10-15-22(20,21)13-8-6-12(7-9-13)16(18)19/h6-9,11,14-15,17H,1-5,10H2/t14-/m1/s1. The number of sulfonamides is 1. The molecule has 22 heavy (non-hydrogen) atoms. The van der Waals surface area contributed by atoms with Gasteiger partial charge in [-0.2, -0.15) is 0 Å². The Morgan fingerprint density at radius 2 is 1.82 bits per heavy atom. The first-order chi connectivity index (χ1) is 10.4. The number of rotatable bonds is 6. The monoisotopic (exact) mass is 328 g/mol. The van der Waals surface area contributed by atoms with Gasteiger partial charge in [0.15, 0.2) is 0 Å². The fraction of sp³-hybridized carbons (Fsp3) is 0.571. The van der Waals surface area contributed by atoms with Gasteiger partial charge in [-0.05, 0) is 30.9 Å². The number of hydrogen-bond donors (Lipinski definition) is 2. The molecule has 0 spiro atoms. The molecular formula is C14H20N2O5S. The van der Waals surface area contributed by atoms with Crippen LogP contribution in [-0.2, 0) is 10.0 Å². The van der Waals surface area contributed by atoms with Gasteiger partial charge < -0.3 is 5.11 Å². The largest absolute Gasteiger partial charge is 0.391 e. The molecule has 0 heterocycles. The van der Waals surface area contributed by atoms with Crippen molar-refractivity contribution < 1.29 is 18.4 Å². The summed E-state index contributed by atoms with van der Waals surface area (Å²) in [5.74, 6) is 0.133. The lowest BCUT2D eigenvalue weighted by Crippen LogP contribution is -2.37. The summed E-state index contributed by atoms with van der Waals surface area (Å²) >= 11 is 0. The lowest BCUT2D eigenvalue weighted by molar-refractivity contribution is -0.384. The minimum absolute atomic E-state index is 0.0377. The zero-order valence-corrected chi connectivity index (χ0v) is 13.0. The van der Waals surface area contributed by atoms with Crippen LogP contribution in [0.5, 0.6) is 0 Å². The first-order valence-corrected chi connectivity index (χ1v) is 8.80. The van der Waals surface area contributed by atoms with Crippen LogP contribution in [0.1, 0.15) is 32.1 Å². The molecule has 0 bridgehead atoms. The minimum atomic E-state index is -3.77. The lowest BCUT2D eigenvalue weighted by atomic mass is 9.85. The normalized spacial score (nSPS) is 18.0. The van der Waals surface area contributed by atoms with Gasteiger partial charge in [0.25, 0.3) is 5.69 Å². The van der Waals surface area contributed by atoms with Gasteiger partial charge in [0, 0.05) is 18.7 Å². The number of nitrogens with zero attached hydrogens (tertiary/aromatic N) is 1. The van der Waals surface area contributed by atoms with E-state index in [1.807, 2.05) is 0 Å². The Hall–Kier alpha value is -1.51. The van der Waals surface area contributed by atoms with E-state index in [2.05, 4.69) is 4.72 Å². The second kappa shape index (κ2) is 7.17. The predicted molar refractivity (Wildman–Crippen MR) is 80.9 cm³/mol. The Kier molecular flexibility index (Phi) is 5.49. The van der Waals surface area contributed by atoms with Gasteiger partial charge in [0.1, 0.15) is 0 Å². The Morgan fingerprint density at radius 3 is 2.36 bits per heavy atom. The Bertz CT molecular complexity index is 609. The highest BCUT2D eigenvalue weighted by Gasteiger charge is 2.24. The predicted octanol–water partition coefficient (Wildman–Crippen LogP) is 1.81. The third-order valence-electron chi connectivity index (χ3n) is 4.03. The maximum Gasteiger partial charge on any atom is 0.269 e.